The second-order valence-electron chi connectivity index (χ2n) is 15.3. The van der Waals surface area contributed by atoms with E-state index >= 15 is 0 Å². The fourth-order valence-electron chi connectivity index (χ4n) is 9.08. The van der Waals surface area contributed by atoms with Crippen LogP contribution in [0.15, 0.2) is 72.8 Å². The first kappa shape index (κ1) is 34.0. The van der Waals surface area contributed by atoms with Gasteiger partial charge in [-0.3, -0.25) is 0 Å². The van der Waals surface area contributed by atoms with Crippen LogP contribution in [-0.2, 0) is 10.8 Å². The normalized spacial score (nSPS) is 18.2. The number of hydrogen-bond donors (Lipinski definition) is 4. The monoisotopic (exact) mass is 646 g/mol. The van der Waals surface area contributed by atoms with Gasteiger partial charge < -0.3 is 20.4 Å². The quantitative estimate of drug-likeness (QED) is 0.136. The summed E-state index contributed by atoms with van der Waals surface area (Å²) >= 11 is 0. The minimum absolute atomic E-state index is 0.0892. The molecule has 254 valence electrons. The number of aromatic hydroxyl groups is 4. The number of benzene rings is 4. The van der Waals surface area contributed by atoms with Crippen molar-refractivity contribution in [1.29, 1.82) is 0 Å². The Morgan fingerprint density at radius 1 is 0.438 bits per heavy atom. The zero-order valence-electron chi connectivity index (χ0n) is 29.4. The van der Waals surface area contributed by atoms with Gasteiger partial charge in [0.15, 0.2) is 0 Å². The maximum Gasteiger partial charge on any atom is 0.118 e. The standard InChI is InChI=1S/C44H54O4/c1-29-25-35(9-13-39(29)45)43(36-10-14-40(46)30(2)26-36)21-17-33(18-22-43)7-5-6-8-34-19-23-44(24-20-34,37-11-15-41(47)31(3)27-37)38-12-16-42(48)32(4)28-38/h9-16,25-28,33-34,45-48H,5-8,17-24H2,1-4H3. The minimum Gasteiger partial charge on any atom is -0.508 e. The number of phenols is 4. The molecular weight excluding hydrogens is 592 g/mol. The first-order chi connectivity index (χ1) is 23.0. The molecule has 0 saturated heterocycles. The molecule has 0 unspecified atom stereocenters. The van der Waals surface area contributed by atoms with Crippen molar-refractivity contribution in [2.24, 2.45) is 11.8 Å². The molecule has 4 aromatic rings. The third-order valence-electron chi connectivity index (χ3n) is 12.4. The van der Waals surface area contributed by atoms with Crippen LogP contribution in [0.4, 0.5) is 0 Å². The third kappa shape index (κ3) is 6.68. The van der Waals surface area contributed by atoms with Crippen LogP contribution in [-0.4, -0.2) is 20.4 Å². The lowest BCUT2D eigenvalue weighted by atomic mass is 9.62. The molecule has 2 saturated carbocycles. The summed E-state index contributed by atoms with van der Waals surface area (Å²) in [6.07, 6.45) is 14.3. The molecule has 0 bridgehead atoms. The van der Waals surface area contributed by atoms with Crippen molar-refractivity contribution in [3.63, 3.8) is 0 Å². The molecule has 4 aromatic carbocycles. The van der Waals surface area contributed by atoms with Crippen molar-refractivity contribution >= 4 is 0 Å². The summed E-state index contributed by atoms with van der Waals surface area (Å²) in [6, 6.07) is 24.5. The van der Waals surface area contributed by atoms with Gasteiger partial charge in [0, 0.05) is 10.8 Å². The Labute approximate surface area is 287 Å². The van der Waals surface area contributed by atoms with E-state index in [1.165, 1.54) is 73.6 Å². The van der Waals surface area contributed by atoms with E-state index in [0.717, 1.165) is 59.8 Å². The molecule has 6 rings (SSSR count). The lowest BCUT2D eigenvalue weighted by Crippen LogP contribution is -2.33. The van der Waals surface area contributed by atoms with Gasteiger partial charge in [-0.05, 0) is 160 Å². The van der Waals surface area contributed by atoms with E-state index in [2.05, 4.69) is 48.5 Å². The number of unbranched alkanes of at least 4 members (excludes halogenated alkanes) is 1. The van der Waals surface area contributed by atoms with E-state index in [9.17, 15) is 20.4 Å². The Bertz CT molecular complexity index is 1500. The van der Waals surface area contributed by atoms with Crippen LogP contribution in [0.2, 0.25) is 0 Å². The highest BCUT2D eigenvalue weighted by Gasteiger charge is 2.40. The van der Waals surface area contributed by atoms with Gasteiger partial charge in [-0.2, -0.15) is 0 Å². The zero-order chi connectivity index (χ0) is 34.1. The highest BCUT2D eigenvalue weighted by atomic mass is 16.3. The maximum absolute atomic E-state index is 10.3. The van der Waals surface area contributed by atoms with E-state index in [1.54, 1.807) is 0 Å². The van der Waals surface area contributed by atoms with Gasteiger partial charge in [0.2, 0.25) is 0 Å². The molecule has 0 heterocycles. The molecule has 4 nitrogen and oxygen atoms in total. The number of rotatable bonds is 9. The molecule has 2 aliphatic carbocycles. The zero-order valence-corrected chi connectivity index (χ0v) is 29.4. The number of hydrogen-bond acceptors (Lipinski definition) is 4. The van der Waals surface area contributed by atoms with Crippen molar-refractivity contribution in [2.75, 3.05) is 0 Å². The summed E-state index contributed by atoms with van der Waals surface area (Å²) in [6.45, 7) is 7.93. The average Bonchev–Trinajstić information content (AvgIpc) is 3.09. The van der Waals surface area contributed by atoms with Gasteiger partial charge in [0.05, 0.1) is 0 Å². The van der Waals surface area contributed by atoms with Gasteiger partial charge in [-0.1, -0.05) is 74.2 Å². The van der Waals surface area contributed by atoms with Crippen molar-refractivity contribution < 1.29 is 20.4 Å². The molecule has 4 heteroatoms. The number of aryl methyl sites for hydroxylation is 4. The predicted octanol–water partition coefficient (Wildman–Crippen LogP) is 11.0. The highest BCUT2D eigenvalue weighted by Crippen LogP contribution is 2.50. The second-order valence-corrected chi connectivity index (χ2v) is 15.3. The summed E-state index contributed by atoms with van der Waals surface area (Å²) in [5, 5.41) is 41.0. The summed E-state index contributed by atoms with van der Waals surface area (Å²) in [7, 11) is 0. The van der Waals surface area contributed by atoms with Gasteiger partial charge in [-0.15, -0.1) is 0 Å². The van der Waals surface area contributed by atoms with Crippen LogP contribution in [0.1, 0.15) is 122 Å². The molecule has 0 spiro atoms. The molecule has 0 aliphatic heterocycles. The fraction of sp³-hybridized carbons (Fsp3) is 0.455. The second kappa shape index (κ2) is 13.9. The van der Waals surface area contributed by atoms with Crippen LogP contribution in [0, 0.1) is 39.5 Å². The Morgan fingerprint density at radius 3 is 0.917 bits per heavy atom. The van der Waals surface area contributed by atoms with E-state index in [1.807, 2.05) is 52.0 Å². The topological polar surface area (TPSA) is 80.9 Å². The van der Waals surface area contributed by atoms with Gasteiger partial charge in [-0.25, -0.2) is 0 Å². The Kier molecular flexibility index (Phi) is 9.83. The van der Waals surface area contributed by atoms with Crippen molar-refractivity contribution in [3.05, 3.63) is 117 Å². The molecular formula is C44H54O4. The highest BCUT2D eigenvalue weighted by molar-refractivity contribution is 5.49. The summed E-state index contributed by atoms with van der Waals surface area (Å²) in [4.78, 5) is 0. The molecule has 2 aliphatic rings. The van der Waals surface area contributed by atoms with Gasteiger partial charge in [0.1, 0.15) is 23.0 Å². The smallest absolute Gasteiger partial charge is 0.118 e. The van der Waals surface area contributed by atoms with Crippen LogP contribution in [0.25, 0.3) is 0 Å². The Morgan fingerprint density at radius 2 is 0.688 bits per heavy atom. The van der Waals surface area contributed by atoms with Gasteiger partial charge >= 0.3 is 0 Å². The maximum atomic E-state index is 10.3. The third-order valence-corrected chi connectivity index (χ3v) is 12.4. The van der Waals surface area contributed by atoms with Gasteiger partial charge in [0.25, 0.3) is 0 Å². The van der Waals surface area contributed by atoms with Crippen molar-refractivity contribution in [2.45, 2.75) is 116 Å². The largest absolute Gasteiger partial charge is 0.508 e. The molecule has 0 amide bonds. The molecule has 2 fully saturated rings. The lowest BCUT2D eigenvalue weighted by Gasteiger charge is -2.42. The van der Waals surface area contributed by atoms with Crippen LogP contribution < -0.4 is 0 Å². The summed E-state index contributed by atoms with van der Waals surface area (Å²) in [5.74, 6) is 2.86. The predicted molar refractivity (Wildman–Crippen MR) is 195 cm³/mol. The summed E-state index contributed by atoms with van der Waals surface area (Å²) < 4.78 is 0. The molecule has 0 atom stereocenters. The molecule has 0 radical (unpaired) electrons. The van der Waals surface area contributed by atoms with E-state index in [4.69, 9.17) is 0 Å². The summed E-state index contributed by atoms with van der Waals surface area (Å²) in [5.41, 5.74) is 8.60. The number of phenolic OH excluding ortho intramolecular Hbond substituents is 4. The average molecular weight is 647 g/mol. The lowest BCUT2D eigenvalue weighted by molar-refractivity contribution is 0.234. The Hall–Kier alpha value is -3.92. The molecule has 4 N–H and O–H groups in total. The SMILES string of the molecule is Cc1cc(C2(c3ccc(O)c(C)c3)CCC(CCCCC3CCC(c4ccc(O)c(C)c4)(c4ccc(O)c(C)c4)CC3)CC2)ccc1O. The first-order valence-electron chi connectivity index (χ1n) is 18.2. The molecule has 48 heavy (non-hydrogen) atoms. The van der Waals surface area contributed by atoms with E-state index in [-0.39, 0.29) is 10.8 Å². The first-order valence-corrected chi connectivity index (χ1v) is 18.2. The van der Waals surface area contributed by atoms with Crippen molar-refractivity contribution in [1.82, 2.24) is 0 Å². The minimum atomic E-state index is -0.0892. The van der Waals surface area contributed by atoms with Crippen molar-refractivity contribution in [3.8, 4) is 23.0 Å². The molecule has 0 aromatic heterocycles. The van der Waals surface area contributed by atoms with E-state index < -0.39 is 0 Å². The fourth-order valence-corrected chi connectivity index (χ4v) is 9.08. The van der Waals surface area contributed by atoms with Crippen LogP contribution in [0.3, 0.4) is 0 Å². The Balaban J connectivity index is 1.06. The van der Waals surface area contributed by atoms with Crippen LogP contribution >= 0.6 is 0 Å². The van der Waals surface area contributed by atoms with Crippen LogP contribution in [0.5, 0.6) is 23.0 Å². The van der Waals surface area contributed by atoms with E-state index in [0.29, 0.717) is 23.0 Å².